The van der Waals surface area contributed by atoms with Gasteiger partial charge in [-0.25, -0.2) is 4.79 Å². The van der Waals surface area contributed by atoms with Gasteiger partial charge in [-0.15, -0.1) is 0 Å². The first kappa shape index (κ1) is 17.2. The average Bonchev–Trinajstić information content (AvgIpc) is 2.51. The fraction of sp³-hybridized carbons (Fsp3) is 0.462. The predicted molar refractivity (Wildman–Crippen MR) is 70.6 cm³/mol. The van der Waals surface area contributed by atoms with Crippen molar-refractivity contribution in [2.75, 3.05) is 6.61 Å². The largest absolute Gasteiger partial charge is 0.504 e. The van der Waals surface area contributed by atoms with Gasteiger partial charge in [0.2, 0.25) is 0 Å². The topological polar surface area (TPSA) is 177 Å². The van der Waals surface area contributed by atoms with Gasteiger partial charge in [0.25, 0.3) is 0 Å². The van der Waals surface area contributed by atoms with Crippen LogP contribution in [0.3, 0.4) is 0 Å². The molecule has 0 radical (unpaired) electrons. The molecule has 0 amide bonds. The lowest BCUT2D eigenvalue weighted by Crippen LogP contribution is -2.58. The summed E-state index contributed by atoms with van der Waals surface area (Å²) in [4.78, 5) is 11.8. The van der Waals surface area contributed by atoms with E-state index in [2.05, 4.69) is 0 Å². The Balaban J connectivity index is 2.02. The van der Waals surface area contributed by atoms with E-state index in [1.54, 1.807) is 0 Å². The van der Waals surface area contributed by atoms with Crippen molar-refractivity contribution in [3.8, 4) is 17.2 Å². The maximum absolute atomic E-state index is 11.8. The average molecular weight is 332 g/mol. The highest BCUT2D eigenvalue weighted by molar-refractivity contribution is 5.91. The molecule has 1 aliphatic rings. The fourth-order valence-electron chi connectivity index (χ4n) is 2.03. The molecule has 1 aromatic carbocycles. The molecule has 1 heterocycles. The Kier molecular flexibility index (Phi) is 4.92. The van der Waals surface area contributed by atoms with Crippen LogP contribution in [-0.4, -0.2) is 79.0 Å². The number of carbonyl (C=O) groups is 1. The number of phenolic OH excluding ortho intramolecular Hbond substituents is 3. The summed E-state index contributed by atoms with van der Waals surface area (Å²) >= 11 is 0. The minimum Gasteiger partial charge on any atom is -0.504 e. The van der Waals surface area contributed by atoms with Crippen molar-refractivity contribution in [3.05, 3.63) is 17.7 Å². The van der Waals surface area contributed by atoms with Crippen LogP contribution in [0, 0.1) is 0 Å². The lowest BCUT2D eigenvalue weighted by Gasteiger charge is -2.37. The highest BCUT2D eigenvalue weighted by atomic mass is 16.6. The van der Waals surface area contributed by atoms with Gasteiger partial charge < -0.3 is 45.2 Å². The molecule has 2 rings (SSSR count). The highest BCUT2D eigenvalue weighted by Gasteiger charge is 2.43. The molecule has 0 aliphatic carbocycles. The minimum absolute atomic E-state index is 0.288. The van der Waals surface area contributed by atoms with E-state index >= 15 is 0 Å². The van der Waals surface area contributed by atoms with Gasteiger partial charge in [-0.1, -0.05) is 0 Å². The van der Waals surface area contributed by atoms with Crippen LogP contribution in [0.2, 0.25) is 0 Å². The summed E-state index contributed by atoms with van der Waals surface area (Å²) < 4.78 is 9.60. The van der Waals surface area contributed by atoms with E-state index in [1.165, 1.54) is 0 Å². The SMILES string of the molecule is O=C(OCC1OC(O)[C@@H](O)C(O)C1O)c1cc(O)c(O)c(O)c1. The van der Waals surface area contributed by atoms with Crippen molar-refractivity contribution in [1.82, 2.24) is 0 Å². The molecule has 1 aromatic rings. The third-order valence-electron chi connectivity index (χ3n) is 3.37. The second kappa shape index (κ2) is 6.56. The maximum atomic E-state index is 11.8. The van der Waals surface area contributed by atoms with Gasteiger partial charge in [-0.3, -0.25) is 0 Å². The van der Waals surface area contributed by atoms with Gasteiger partial charge in [-0.2, -0.15) is 0 Å². The van der Waals surface area contributed by atoms with Crippen molar-refractivity contribution in [2.24, 2.45) is 0 Å². The molecule has 128 valence electrons. The molecular weight excluding hydrogens is 316 g/mol. The molecule has 7 N–H and O–H groups in total. The van der Waals surface area contributed by atoms with E-state index in [-0.39, 0.29) is 5.56 Å². The lowest BCUT2D eigenvalue weighted by molar-refractivity contribution is -0.286. The number of esters is 1. The Bertz CT molecular complexity index is 565. The molecule has 0 saturated carbocycles. The van der Waals surface area contributed by atoms with E-state index in [1.807, 2.05) is 0 Å². The first-order chi connectivity index (χ1) is 10.7. The summed E-state index contributed by atoms with van der Waals surface area (Å²) in [5, 5.41) is 65.6. The van der Waals surface area contributed by atoms with Crippen molar-refractivity contribution in [2.45, 2.75) is 30.7 Å². The second-order valence-electron chi connectivity index (χ2n) is 5.00. The van der Waals surface area contributed by atoms with Crippen LogP contribution < -0.4 is 0 Å². The van der Waals surface area contributed by atoms with Crippen LogP contribution >= 0.6 is 0 Å². The smallest absolute Gasteiger partial charge is 0.338 e. The van der Waals surface area contributed by atoms with E-state index < -0.39 is 60.5 Å². The van der Waals surface area contributed by atoms with Gasteiger partial charge in [-0.05, 0) is 12.1 Å². The number of ether oxygens (including phenoxy) is 2. The molecule has 0 aromatic heterocycles. The zero-order valence-electron chi connectivity index (χ0n) is 11.6. The molecule has 1 aliphatic heterocycles. The van der Waals surface area contributed by atoms with Gasteiger partial charge in [0.15, 0.2) is 23.5 Å². The van der Waals surface area contributed by atoms with Gasteiger partial charge in [0.1, 0.15) is 31.0 Å². The highest BCUT2D eigenvalue weighted by Crippen LogP contribution is 2.35. The molecule has 5 atom stereocenters. The molecule has 1 saturated heterocycles. The molecule has 4 unspecified atom stereocenters. The third-order valence-corrected chi connectivity index (χ3v) is 3.37. The zero-order valence-corrected chi connectivity index (χ0v) is 11.6. The number of hydrogen-bond donors (Lipinski definition) is 7. The molecular formula is C13H16O10. The lowest BCUT2D eigenvalue weighted by atomic mass is 9.99. The van der Waals surface area contributed by atoms with E-state index in [0.717, 1.165) is 12.1 Å². The summed E-state index contributed by atoms with van der Waals surface area (Å²) in [6.45, 7) is -0.580. The molecule has 0 spiro atoms. The number of benzene rings is 1. The summed E-state index contributed by atoms with van der Waals surface area (Å²) in [5.74, 6) is -3.30. The second-order valence-corrected chi connectivity index (χ2v) is 5.00. The minimum atomic E-state index is -1.76. The van der Waals surface area contributed by atoms with Crippen LogP contribution in [0.4, 0.5) is 0 Å². The number of aliphatic hydroxyl groups excluding tert-OH is 4. The summed E-state index contributed by atoms with van der Waals surface area (Å²) in [6.07, 6.45) is -8.07. The summed E-state index contributed by atoms with van der Waals surface area (Å²) in [5.41, 5.74) is -0.288. The standard InChI is InChI=1S/C13H16O10/c14-5-1-4(2-6(15)8(5)16)12(20)22-3-7-9(17)10(18)11(19)13(21)23-7/h1-2,7,9-11,13-19,21H,3H2/t7?,9?,10?,11-,13?/m0/s1. The summed E-state index contributed by atoms with van der Waals surface area (Å²) in [7, 11) is 0. The molecule has 10 heteroatoms. The Morgan fingerprint density at radius 3 is 2.13 bits per heavy atom. The van der Waals surface area contributed by atoms with Crippen molar-refractivity contribution < 1.29 is 50.0 Å². The molecule has 23 heavy (non-hydrogen) atoms. The number of rotatable bonds is 3. The van der Waals surface area contributed by atoms with Crippen molar-refractivity contribution in [3.63, 3.8) is 0 Å². The Morgan fingerprint density at radius 1 is 1.00 bits per heavy atom. The number of phenols is 3. The van der Waals surface area contributed by atoms with Gasteiger partial charge in [0, 0.05) is 0 Å². The number of aliphatic hydroxyl groups is 4. The molecule has 1 fully saturated rings. The Morgan fingerprint density at radius 2 is 1.57 bits per heavy atom. The van der Waals surface area contributed by atoms with Crippen LogP contribution in [0.5, 0.6) is 17.2 Å². The van der Waals surface area contributed by atoms with Crippen molar-refractivity contribution >= 4 is 5.97 Å². The number of carbonyl (C=O) groups excluding carboxylic acids is 1. The maximum Gasteiger partial charge on any atom is 0.338 e. The summed E-state index contributed by atoms with van der Waals surface area (Å²) in [6, 6.07) is 1.70. The fourth-order valence-corrected chi connectivity index (χ4v) is 2.03. The van der Waals surface area contributed by atoms with Crippen LogP contribution in [0.1, 0.15) is 10.4 Å². The number of aromatic hydroxyl groups is 3. The van der Waals surface area contributed by atoms with Crippen molar-refractivity contribution in [1.29, 1.82) is 0 Å². The normalized spacial score (nSPS) is 30.9. The first-order valence-corrected chi connectivity index (χ1v) is 6.52. The first-order valence-electron chi connectivity index (χ1n) is 6.52. The zero-order chi connectivity index (χ0) is 17.3. The van der Waals surface area contributed by atoms with Gasteiger partial charge in [0.05, 0.1) is 5.56 Å². The Hall–Kier alpha value is -2.11. The van der Waals surface area contributed by atoms with E-state index in [4.69, 9.17) is 9.47 Å². The van der Waals surface area contributed by atoms with E-state index in [9.17, 15) is 40.5 Å². The van der Waals surface area contributed by atoms with Crippen LogP contribution in [-0.2, 0) is 9.47 Å². The number of hydrogen-bond acceptors (Lipinski definition) is 10. The van der Waals surface area contributed by atoms with E-state index in [0.29, 0.717) is 0 Å². The quantitative estimate of drug-likeness (QED) is 0.236. The monoisotopic (exact) mass is 332 g/mol. The molecule has 0 bridgehead atoms. The third kappa shape index (κ3) is 3.46. The Labute approximate surface area is 129 Å². The van der Waals surface area contributed by atoms with Gasteiger partial charge >= 0.3 is 5.97 Å². The predicted octanol–water partition coefficient (Wildman–Crippen LogP) is -2.24. The molecule has 10 nitrogen and oxygen atoms in total. The van der Waals surface area contributed by atoms with Crippen LogP contribution in [0.25, 0.3) is 0 Å². The van der Waals surface area contributed by atoms with Crippen LogP contribution in [0.15, 0.2) is 12.1 Å².